The van der Waals surface area contributed by atoms with Crippen LogP contribution in [0.3, 0.4) is 0 Å². The molecule has 1 atom stereocenters. The number of hydrogen-bond acceptors (Lipinski definition) is 4. The maximum atomic E-state index is 11.9. The maximum absolute atomic E-state index is 11.9. The first-order valence-corrected chi connectivity index (χ1v) is 9.19. The summed E-state index contributed by atoms with van der Waals surface area (Å²) < 4.78 is 23.8. The van der Waals surface area contributed by atoms with E-state index < -0.39 is 20.3 Å². The molecule has 1 saturated heterocycles. The number of rotatable bonds is 7. The third-order valence-electron chi connectivity index (χ3n) is 3.92. The lowest BCUT2D eigenvalue weighted by molar-refractivity contribution is -0.120. The molecule has 1 amide bonds. The monoisotopic (exact) mass is 304 g/mol. The molecule has 118 valence electrons. The van der Waals surface area contributed by atoms with Gasteiger partial charge >= 0.3 is 0 Å². The Labute approximate surface area is 123 Å². The summed E-state index contributed by atoms with van der Waals surface area (Å²) in [7, 11) is -3.36. The van der Waals surface area contributed by atoms with Crippen molar-refractivity contribution in [1.82, 2.24) is 10.2 Å². The zero-order chi connectivity index (χ0) is 15.2. The molecular formula is C14H28N2O3S. The molecule has 1 heterocycles. The minimum atomic E-state index is -3.36. The quantitative estimate of drug-likeness (QED) is 0.718. The molecule has 1 N–H and O–H groups in total. The van der Waals surface area contributed by atoms with Gasteiger partial charge in [-0.2, -0.15) is 0 Å². The van der Waals surface area contributed by atoms with E-state index in [9.17, 15) is 13.2 Å². The lowest BCUT2D eigenvalue weighted by Gasteiger charge is -2.26. The first-order valence-electron chi connectivity index (χ1n) is 7.58. The van der Waals surface area contributed by atoms with Gasteiger partial charge in [-0.15, -0.1) is 0 Å². The standard InChI is InChI=1S/C14H28N2O3S/c1-12(2)20(18,19)13(3)14(17)15-8-7-11-16-9-5-4-6-10-16/h12-13H,4-11H2,1-3H3,(H,15,17). The zero-order valence-electron chi connectivity index (χ0n) is 12.9. The van der Waals surface area contributed by atoms with Crippen LogP contribution in [0.2, 0.25) is 0 Å². The second-order valence-electron chi connectivity index (χ2n) is 5.83. The van der Waals surface area contributed by atoms with Crippen molar-refractivity contribution in [2.24, 2.45) is 0 Å². The van der Waals surface area contributed by atoms with Crippen LogP contribution < -0.4 is 5.32 Å². The van der Waals surface area contributed by atoms with E-state index in [-0.39, 0.29) is 5.91 Å². The van der Waals surface area contributed by atoms with E-state index in [1.807, 2.05) is 0 Å². The first-order chi connectivity index (χ1) is 9.35. The Kier molecular flexibility index (Phi) is 6.95. The molecule has 0 spiro atoms. The Balaban J connectivity index is 2.25. The van der Waals surface area contributed by atoms with Crippen LogP contribution in [0.15, 0.2) is 0 Å². The van der Waals surface area contributed by atoms with Gasteiger partial charge in [0.05, 0.1) is 5.25 Å². The van der Waals surface area contributed by atoms with Gasteiger partial charge in [-0.25, -0.2) is 8.42 Å². The van der Waals surface area contributed by atoms with E-state index in [1.54, 1.807) is 13.8 Å². The largest absolute Gasteiger partial charge is 0.355 e. The second kappa shape index (κ2) is 7.98. The van der Waals surface area contributed by atoms with Crippen molar-refractivity contribution in [3.8, 4) is 0 Å². The van der Waals surface area contributed by atoms with Crippen LogP contribution in [-0.2, 0) is 14.6 Å². The number of hydrogen-bond donors (Lipinski definition) is 1. The molecule has 5 nitrogen and oxygen atoms in total. The molecule has 1 fully saturated rings. The number of sulfone groups is 1. The van der Waals surface area contributed by atoms with Crippen molar-refractivity contribution in [2.45, 2.75) is 57.0 Å². The zero-order valence-corrected chi connectivity index (χ0v) is 13.7. The van der Waals surface area contributed by atoms with Crippen LogP contribution in [-0.4, -0.2) is 55.9 Å². The summed E-state index contributed by atoms with van der Waals surface area (Å²) in [5, 5.41) is 1.26. The highest BCUT2D eigenvalue weighted by atomic mass is 32.2. The topological polar surface area (TPSA) is 66.5 Å². The second-order valence-corrected chi connectivity index (χ2v) is 8.65. The van der Waals surface area contributed by atoms with Crippen molar-refractivity contribution < 1.29 is 13.2 Å². The highest BCUT2D eigenvalue weighted by Crippen LogP contribution is 2.10. The number of carbonyl (C=O) groups is 1. The Morgan fingerprint density at radius 2 is 1.75 bits per heavy atom. The van der Waals surface area contributed by atoms with E-state index in [1.165, 1.54) is 26.2 Å². The molecule has 20 heavy (non-hydrogen) atoms. The minimum absolute atomic E-state index is 0.377. The normalized spacial score (nSPS) is 19.0. The molecule has 0 radical (unpaired) electrons. The van der Waals surface area contributed by atoms with Crippen LogP contribution >= 0.6 is 0 Å². The maximum Gasteiger partial charge on any atom is 0.238 e. The fourth-order valence-corrected chi connectivity index (χ4v) is 3.60. The van der Waals surface area contributed by atoms with Gasteiger partial charge in [0.25, 0.3) is 0 Å². The molecular weight excluding hydrogens is 276 g/mol. The van der Waals surface area contributed by atoms with Crippen LogP contribution in [0.4, 0.5) is 0 Å². The summed E-state index contributed by atoms with van der Waals surface area (Å²) in [6.45, 7) is 8.50. The Morgan fingerprint density at radius 3 is 2.30 bits per heavy atom. The number of nitrogens with one attached hydrogen (secondary N) is 1. The average Bonchev–Trinajstić information content (AvgIpc) is 2.43. The molecule has 0 aliphatic carbocycles. The molecule has 0 aromatic carbocycles. The third-order valence-corrected chi connectivity index (χ3v) is 6.43. The number of piperidine rings is 1. The molecule has 1 unspecified atom stereocenters. The lowest BCUT2D eigenvalue weighted by Crippen LogP contribution is -2.41. The van der Waals surface area contributed by atoms with Gasteiger partial charge in [0.15, 0.2) is 9.84 Å². The van der Waals surface area contributed by atoms with Gasteiger partial charge in [0.1, 0.15) is 5.25 Å². The van der Waals surface area contributed by atoms with E-state index in [4.69, 9.17) is 0 Å². The van der Waals surface area contributed by atoms with E-state index in [2.05, 4.69) is 10.2 Å². The van der Waals surface area contributed by atoms with Crippen molar-refractivity contribution in [2.75, 3.05) is 26.2 Å². The fraction of sp³-hybridized carbons (Fsp3) is 0.929. The predicted octanol–water partition coefficient (Wildman–Crippen LogP) is 1.19. The van der Waals surface area contributed by atoms with Gasteiger partial charge < -0.3 is 10.2 Å². The van der Waals surface area contributed by atoms with Gasteiger partial charge in [0.2, 0.25) is 5.91 Å². The molecule has 0 bridgehead atoms. The number of amides is 1. The highest BCUT2D eigenvalue weighted by Gasteiger charge is 2.30. The van der Waals surface area contributed by atoms with E-state index in [0.29, 0.717) is 6.54 Å². The molecule has 1 rings (SSSR count). The van der Waals surface area contributed by atoms with Crippen LogP contribution in [0.5, 0.6) is 0 Å². The number of likely N-dealkylation sites (tertiary alicyclic amines) is 1. The summed E-state index contributed by atoms with van der Waals surface area (Å²) in [4.78, 5) is 14.2. The number of nitrogens with zero attached hydrogens (tertiary/aromatic N) is 1. The average molecular weight is 304 g/mol. The van der Waals surface area contributed by atoms with Gasteiger partial charge in [-0.1, -0.05) is 6.42 Å². The Bertz CT molecular complexity index is 401. The number of carbonyl (C=O) groups excluding carboxylic acids is 1. The van der Waals surface area contributed by atoms with Crippen LogP contribution in [0, 0.1) is 0 Å². The Morgan fingerprint density at radius 1 is 1.15 bits per heavy atom. The smallest absolute Gasteiger partial charge is 0.238 e. The molecule has 1 aliphatic heterocycles. The third kappa shape index (κ3) is 5.05. The fourth-order valence-electron chi connectivity index (χ4n) is 2.40. The van der Waals surface area contributed by atoms with Gasteiger partial charge in [0, 0.05) is 6.54 Å². The van der Waals surface area contributed by atoms with E-state index in [0.717, 1.165) is 26.1 Å². The Hall–Kier alpha value is -0.620. The summed E-state index contributed by atoms with van der Waals surface area (Å²) in [5.74, 6) is -0.377. The van der Waals surface area contributed by atoms with Crippen molar-refractivity contribution >= 4 is 15.7 Å². The van der Waals surface area contributed by atoms with Gasteiger partial charge in [-0.3, -0.25) is 4.79 Å². The van der Waals surface area contributed by atoms with E-state index >= 15 is 0 Å². The first kappa shape index (κ1) is 17.4. The summed E-state index contributed by atoms with van der Waals surface area (Å²) >= 11 is 0. The van der Waals surface area contributed by atoms with Crippen molar-refractivity contribution in [1.29, 1.82) is 0 Å². The molecule has 0 aromatic rings. The molecule has 0 saturated carbocycles. The summed E-state index contributed by atoms with van der Waals surface area (Å²) in [6, 6.07) is 0. The van der Waals surface area contributed by atoms with Crippen LogP contribution in [0.25, 0.3) is 0 Å². The van der Waals surface area contributed by atoms with Crippen molar-refractivity contribution in [3.05, 3.63) is 0 Å². The minimum Gasteiger partial charge on any atom is -0.355 e. The highest BCUT2D eigenvalue weighted by molar-refractivity contribution is 7.93. The molecule has 1 aliphatic rings. The van der Waals surface area contributed by atoms with Crippen LogP contribution in [0.1, 0.15) is 46.5 Å². The summed E-state index contributed by atoms with van der Waals surface area (Å²) in [6.07, 6.45) is 4.71. The summed E-state index contributed by atoms with van der Waals surface area (Å²) in [5.41, 5.74) is 0. The SMILES string of the molecule is CC(C)S(=O)(=O)C(C)C(=O)NCCCN1CCCCC1. The van der Waals surface area contributed by atoms with Crippen molar-refractivity contribution in [3.63, 3.8) is 0 Å². The predicted molar refractivity (Wildman–Crippen MR) is 81.4 cm³/mol. The molecule has 6 heteroatoms. The van der Waals surface area contributed by atoms with Gasteiger partial charge in [-0.05, 0) is 59.7 Å². The molecule has 0 aromatic heterocycles. The lowest BCUT2D eigenvalue weighted by atomic mass is 10.1.